The average molecular weight is 873 g/mol. The number of hydrogen-bond donors (Lipinski definition) is 0. The van der Waals surface area contributed by atoms with Gasteiger partial charge in [0.25, 0.3) is 0 Å². The van der Waals surface area contributed by atoms with Crippen molar-refractivity contribution in [2.45, 2.75) is 25.7 Å². The molecule has 0 atom stereocenters. The van der Waals surface area contributed by atoms with Crippen molar-refractivity contribution < 1.29 is 0 Å². The van der Waals surface area contributed by atoms with Gasteiger partial charge in [0.1, 0.15) is 0 Å². The molecule has 11 rings (SSSR count). The van der Waals surface area contributed by atoms with Crippen LogP contribution < -0.4 is 9.80 Å². The van der Waals surface area contributed by atoms with E-state index in [4.69, 9.17) is 0 Å². The molecule has 0 spiro atoms. The summed E-state index contributed by atoms with van der Waals surface area (Å²) < 4.78 is 0. The van der Waals surface area contributed by atoms with Gasteiger partial charge in [0.05, 0.1) is 0 Å². The van der Waals surface area contributed by atoms with Crippen LogP contribution in [-0.4, -0.2) is 0 Å². The van der Waals surface area contributed by atoms with E-state index in [1.807, 2.05) is 0 Å². The summed E-state index contributed by atoms with van der Waals surface area (Å²) in [5.41, 5.74) is 22.2. The molecular weight excluding hydrogens is 821 g/mol. The molecule has 0 heterocycles. The van der Waals surface area contributed by atoms with Crippen molar-refractivity contribution in [3.05, 3.63) is 289 Å². The summed E-state index contributed by atoms with van der Waals surface area (Å²) in [7, 11) is 0. The van der Waals surface area contributed by atoms with E-state index in [1.165, 1.54) is 83.9 Å². The fourth-order valence-corrected chi connectivity index (χ4v) is 9.91. The molecule has 0 N–H and O–H groups in total. The average Bonchev–Trinajstić information content (AvgIpc) is 3.43. The van der Waals surface area contributed by atoms with Gasteiger partial charge >= 0.3 is 0 Å². The van der Waals surface area contributed by atoms with Crippen LogP contribution in [0.3, 0.4) is 0 Å². The highest BCUT2D eigenvalue weighted by molar-refractivity contribution is 5.89. The number of anilines is 5. The van der Waals surface area contributed by atoms with E-state index in [1.54, 1.807) is 0 Å². The minimum Gasteiger partial charge on any atom is -0.314 e. The largest absolute Gasteiger partial charge is 0.314 e. The van der Waals surface area contributed by atoms with Crippen LogP contribution in [0.25, 0.3) is 50.1 Å². The highest BCUT2D eigenvalue weighted by Gasteiger charge is 2.22. The minimum absolute atomic E-state index is 0.956. The first kappa shape index (κ1) is 42.2. The second kappa shape index (κ2) is 19.6. The lowest BCUT2D eigenvalue weighted by Crippen LogP contribution is -2.18. The Labute approximate surface area is 401 Å². The summed E-state index contributed by atoms with van der Waals surface area (Å²) in [6.07, 6.45) is 13.5. The van der Waals surface area contributed by atoms with Crippen LogP contribution in [0.5, 0.6) is 0 Å². The molecule has 2 aliphatic carbocycles. The van der Waals surface area contributed by atoms with Gasteiger partial charge in [-0.25, -0.2) is 0 Å². The van der Waals surface area contributed by atoms with E-state index in [9.17, 15) is 0 Å². The molecule has 9 aromatic carbocycles. The molecule has 0 bridgehead atoms. The van der Waals surface area contributed by atoms with Crippen LogP contribution in [0.15, 0.2) is 284 Å². The SMILES string of the molecule is C1=CC(c2cccc(-c3ccccc3-c3ccc(N(c4ccccc4)c4ccc(-c5ccccc5)cc4)cc3)c2)=C(C2=CC=C(N(c3ccccc3)c3ccc(-c4ccccc4)cc3)CC2)CC1. The van der Waals surface area contributed by atoms with Gasteiger partial charge in [0.15, 0.2) is 0 Å². The third kappa shape index (κ3) is 8.93. The molecule has 2 aliphatic rings. The Morgan fingerprint density at radius 2 is 0.721 bits per heavy atom. The van der Waals surface area contributed by atoms with Crippen molar-refractivity contribution in [2.24, 2.45) is 0 Å². The molecule has 0 saturated heterocycles. The van der Waals surface area contributed by atoms with Crippen LogP contribution in [0.1, 0.15) is 31.2 Å². The smallest absolute Gasteiger partial charge is 0.0462 e. The van der Waals surface area contributed by atoms with Crippen LogP contribution in [0.2, 0.25) is 0 Å². The van der Waals surface area contributed by atoms with E-state index in [0.29, 0.717) is 0 Å². The van der Waals surface area contributed by atoms with Crippen molar-refractivity contribution in [1.82, 2.24) is 0 Å². The van der Waals surface area contributed by atoms with Crippen molar-refractivity contribution >= 4 is 34.0 Å². The maximum absolute atomic E-state index is 2.43. The summed E-state index contributed by atoms with van der Waals surface area (Å²) in [6.45, 7) is 0. The van der Waals surface area contributed by atoms with Gasteiger partial charge < -0.3 is 9.80 Å². The quantitative estimate of drug-likeness (QED) is 0.121. The summed E-state index contributed by atoms with van der Waals surface area (Å²) in [6, 6.07) is 87.5. The van der Waals surface area contributed by atoms with Crippen molar-refractivity contribution in [3.8, 4) is 44.5 Å². The fraction of sp³-hybridized carbons (Fsp3) is 0.0606. The molecule has 0 unspecified atom stereocenters. The summed E-state index contributed by atoms with van der Waals surface area (Å²) in [5, 5.41) is 0. The number of allylic oxidation sites excluding steroid dienone is 8. The van der Waals surface area contributed by atoms with Gasteiger partial charge in [-0.05, 0) is 165 Å². The first-order valence-corrected chi connectivity index (χ1v) is 23.8. The molecule has 2 nitrogen and oxygen atoms in total. The Hall–Kier alpha value is -8.46. The van der Waals surface area contributed by atoms with Crippen LogP contribution >= 0.6 is 0 Å². The van der Waals surface area contributed by atoms with Gasteiger partial charge in [-0.3, -0.25) is 0 Å². The lowest BCUT2D eigenvalue weighted by molar-refractivity contribution is 0.853. The fourth-order valence-electron chi connectivity index (χ4n) is 9.91. The maximum atomic E-state index is 2.43. The standard InChI is InChI=1S/C66H52N2/c1-5-18-49(19-6-1)51-32-40-59(41-33-51)67(57-24-9-3-10-25-57)61-44-36-53(37-45-61)63-28-13-15-30-65(63)55-22-17-23-56(48-55)66-31-16-14-29-64(66)54-38-46-62(47-39-54)68(58-26-11-4-12-27-58)60-42-34-52(35-43-60)50-20-7-2-8-21-50/h1-13,15-28,30-38,40-46,48H,14,29,39,47H2. The normalized spacial score (nSPS) is 13.4. The van der Waals surface area contributed by atoms with Crippen molar-refractivity contribution in [3.63, 3.8) is 0 Å². The molecule has 68 heavy (non-hydrogen) atoms. The Bertz CT molecular complexity index is 3270. The first-order valence-electron chi connectivity index (χ1n) is 23.8. The molecule has 2 heteroatoms. The second-order valence-electron chi connectivity index (χ2n) is 17.5. The zero-order valence-electron chi connectivity index (χ0n) is 38.1. The van der Waals surface area contributed by atoms with E-state index in [0.717, 1.165) is 42.7 Å². The Kier molecular flexibility index (Phi) is 12.1. The van der Waals surface area contributed by atoms with Gasteiger partial charge in [-0.2, -0.15) is 0 Å². The maximum Gasteiger partial charge on any atom is 0.0462 e. The predicted molar refractivity (Wildman–Crippen MR) is 289 cm³/mol. The Morgan fingerprint density at radius 1 is 0.294 bits per heavy atom. The lowest BCUT2D eigenvalue weighted by atomic mass is 9.83. The lowest BCUT2D eigenvalue weighted by Gasteiger charge is -2.31. The Morgan fingerprint density at radius 3 is 1.26 bits per heavy atom. The second-order valence-corrected chi connectivity index (χ2v) is 17.5. The van der Waals surface area contributed by atoms with Crippen LogP contribution in [0, 0.1) is 0 Å². The van der Waals surface area contributed by atoms with E-state index in [2.05, 4.69) is 277 Å². The highest BCUT2D eigenvalue weighted by Crippen LogP contribution is 2.42. The molecule has 0 fully saturated rings. The highest BCUT2D eigenvalue weighted by atomic mass is 15.2. The molecule has 0 saturated carbocycles. The number of para-hydroxylation sites is 2. The van der Waals surface area contributed by atoms with E-state index < -0.39 is 0 Å². The molecule has 0 aromatic heterocycles. The minimum atomic E-state index is 0.956. The monoisotopic (exact) mass is 872 g/mol. The predicted octanol–water partition coefficient (Wildman–Crippen LogP) is 18.4. The summed E-state index contributed by atoms with van der Waals surface area (Å²) in [5.74, 6) is 0. The number of hydrogen-bond acceptors (Lipinski definition) is 2. The van der Waals surface area contributed by atoms with Gasteiger partial charge in [0, 0.05) is 34.1 Å². The molecule has 0 aliphatic heterocycles. The third-order valence-electron chi connectivity index (χ3n) is 13.3. The van der Waals surface area contributed by atoms with Crippen molar-refractivity contribution in [2.75, 3.05) is 9.80 Å². The number of benzene rings is 9. The Balaban J connectivity index is 0.884. The van der Waals surface area contributed by atoms with Gasteiger partial charge in [0.2, 0.25) is 0 Å². The molecule has 0 amide bonds. The summed E-state index contributed by atoms with van der Waals surface area (Å²) >= 11 is 0. The van der Waals surface area contributed by atoms with Gasteiger partial charge in [-0.15, -0.1) is 0 Å². The molecule has 9 aromatic rings. The molecule has 326 valence electrons. The van der Waals surface area contributed by atoms with Gasteiger partial charge in [-0.1, -0.05) is 194 Å². The van der Waals surface area contributed by atoms with Crippen LogP contribution in [-0.2, 0) is 0 Å². The summed E-state index contributed by atoms with van der Waals surface area (Å²) in [4.78, 5) is 4.76. The van der Waals surface area contributed by atoms with Crippen molar-refractivity contribution in [1.29, 1.82) is 0 Å². The zero-order valence-corrected chi connectivity index (χ0v) is 38.1. The number of rotatable bonds is 12. The topological polar surface area (TPSA) is 6.48 Å². The zero-order chi connectivity index (χ0) is 45.5. The number of nitrogens with zero attached hydrogens (tertiary/aromatic N) is 2. The molecule has 0 radical (unpaired) electrons. The third-order valence-corrected chi connectivity index (χ3v) is 13.3. The van der Waals surface area contributed by atoms with E-state index >= 15 is 0 Å². The first-order chi connectivity index (χ1) is 33.7. The van der Waals surface area contributed by atoms with E-state index in [-0.39, 0.29) is 0 Å². The molecular formula is C66H52N2. The van der Waals surface area contributed by atoms with Crippen LogP contribution in [0.4, 0.5) is 28.4 Å².